The Morgan fingerprint density at radius 3 is 2.68 bits per heavy atom. The molecule has 1 amide bonds. The van der Waals surface area contributed by atoms with Gasteiger partial charge in [0.2, 0.25) is 5.91 Å². The Bertz CT molecular complexity index is 406. The van der Waals surface area contributed by atoms with Crippen LogP contribution in [-0.2, 0) is 9.53 Å². The molecule has 0 aromatic carbocycles. The largest absolute Gasteiger partial charge is 0.379 e. The molecule has 0 spiro atoms. The fraction of sp³-hybridized carbons (Fsp3) is 0.737. The maximum Gasteiger partial charge on any atom is 0.244 e. The van der Waals surface area contributed by atoms with Gasteiger partial charge < -0.3 is 10.1 Å². The second-order valence-corrected chi connectivity index (χ2v) is 7.27. The van der Waals surface area contributed by atoms with Gasteiger partial charge in [-0.1, -0.05) is 31.9 Å². The summed E-state index contributed by atoms with van der Waals surface area (Å²) >= 11 is 0. The van der Waals surface area contributed by atoms with Gasteiger partial charge in [-0.05, 0) is 57.9 Å². The van der Waals surface area contributed by atoms with Crippen molar-refractivity contribution in [3.8, 4) is 0 Å². The Labute approximate surface area is 136 Å². The number of ether oxygens (including phenoxy) is 1. The molecular formula is C19H33NO2. The van der Waals surface area contributed by atoms with E-state index in [0.717, 1.165) is 31.3 Å². The van der Waals surface area contributed by atoms with Crippen LogP contribution in [0.3, 0.4) is 0 Å². The summed E-state index contributed by atoms with van der Waals surface area (Å²) in [7, 11) is 1.78. The van der Waals surface area contributed by atoms with Gasteiger partial charge in [-0.15, -0.1) is 0 Å². The van der Waals surface area contributed by atoms with E-state index in [-0.39, 0.29) is 11.5 Å². The molecule has 22 heavy (non-hydrogen) atoms. The van der Waals surface area contributed by atoms with E-state index in [0.29, 0.717) is 12.0 Å². The number of carbonyl (C=O) groups is 1. The molecule has 1 N–H and O–H groups in total. The minimum Gasteiger partial charge on any atom is -0.379 e. The first kappa shape index (κ1) is 19.0. The van der Waals surface area contributed by atoms with E-state index >= 15 is 0 Å². The highest BCUT2D eigenvalue weighted by Crippen LogP contribution is 2.21. The number of allylic oxidation sites excluding steroid dienone is 3. The van der Waals surface area contributed by atoms with E-state index in [4.69, 9.17) is 4.74 Å². The summed E-state index contributed by atoms with van der Waals surface area (Å²) in [6.45, 7) is 8.54. The summed E-state index contributed by atoms with van der Waals surface area (Å²) in [4.78, 5) is 11.6. The van der Waals surface area contributed by atoms with Gasteiger partial charge in [-0.25, -0.2) is 0 Å². The van der Waals surface area contributed by atoms with Crippen LogP contribution in [0, 0.1) is 5.92 Å². The molecule has 0 aliphatic heterocycles. The minimum atomic E-state index is -0.0101. The fourth-order valence-electron chi connectivity index (χ4n) is 2.31. The molecular weight excluding hydrogens is 274 g/mol. The van der Waals surface area contributed by atoms with Crippen molar-refractivity contribution < 1.29 is 9.53 Å². The normalized spacial score (nSPS) is 17.8. The average Bonchev–Trinajstić information content (AvgIpc) is 3.22. The van der Waals surface area contributed by atoms with Crippen molar-refractivity contribution in [1.29, 1.82) is 0 Å². The zero-order valence-corrected chi connectivity index (χ0v) is 14.9. The van der Waals surface area contributed by atoms with E-state index < -0.39 is 0 Å². The number of hydrogen-bond donors (Lipinski definition) is 1. The number of amides is 1. The quantitative estimate of drug-likeness (QED) is 0.480. The zero-order valence-electron chi connectivity index (χ0n) is 14.9. The third kappa shape index (κ3) is 9.04. The predicted molar refractivity (Wildman–Crippen MR) is 92.8 cm³/mol. The highest BCUT2D eigenvalue weighted by Gasteiger charge is 2.22. The van der Waals surface area contributed by atoms with Gasteiger partial charge in [0.05, 0.1) is 5.60 Å². The van der Waals surface area contributed by atoms with Crippen LogP contribution in [-0.4, -0.2) is 24.7 Å². The second-order valence-electron chi connectivity index (χ2n) is 7.27. The van der Waals surface area contributed by atoms with Crippen molar-refractivity contribution in [3.05, 3.63) is 23.8 Å². The van der Waals surface area contributed by atoms with Crippen LogP contribution in [0.4, 0.5) is 0 Å². The summed E-state index contributed by atoms with van der Waals surface area (Å²) in [5, 5.41) is 2.97. The first-order valence-corrected chi connectivity index (χ1v) is 8.53. The minimum absolute atomic E-state index is 0.0101. The molecule has 1 fully saturated rings. The predicted octanol–water partition coefficient (Wildman–Crippen LogP) is 4.39. The average molecular weight is 307 g/mol. The van der Waals surface area contributed by atoms with Gasteiger partial charge in [0, 0.05) is 19.2 Å². The molecule has 1 atom stereocenters. The first-order chi connectivity index (χ1) is 10.3. The van der Waals surface area contributed by atoms with Gasteiger partial charge in [-0.2, -0.15) is 0 Å². The van der Waals surface area contributed by atoms with Crippen LogP contribution < -0.4 is 5.32 Å². The smallest absolute Gasteiger partial charge is 0.244 e. The molecule has 3 nitrogen and oxygen atoms in total. The van der Waals surface area contributed by atoms with E-state index in [9.17, 15) is 4.79 Å². The molecule has 0 saturated heterocycles. The van der Waals surface area contributed by atoms with E-state index in [1.54, 1.807) is 13.2 Å². The summed E-state index contributed by atoms with van der Waals surface area (Å²) in [5.74, 6) is 0.705. The van der Waals surface area contributed by atoms with Crippen LogP contribution in [0.25, 0.3) is 0 Å². The lowest BCUT2D eigenvalue weighted by molar-refractivity contribution is -0.116. The lowest BCUT2D eigenvalue weighted by atomic mass is 9.95. The molecule has 0 radical (unpaired) electrons. The summed E-state index contributed by atoms with van der Waals surface area (Å²) in [5.41, 5.74) is 1.01. The molecule has 0 heterocycles. The molecule has 0 aromatic heterocycles. The maximum atomic E-state index is 11.6. The van der Waals surface area contributed by atoms with Gasteiger partial charge in [0.15, 0.2) is 0 Å². The number of rotatable bonds is 10. The standard InChI is InChI=1S/C19H33NO2/c1-15(10-7-13-19(3,4)22-5)8-6-9-16(2)14-18(21)20-17-11-12-17/h6,9,14-15,17H,7-8,10-13H2,1-5H3,(H,20,21)/b9-6+,16-14+. The highest BCUT2D eigenvalue weighted by molar-refractivity contribution is 5.89. The van der Waals surface area contributed by atoms with E-state index in [2.05, 4.69) is 38.2 Å². The molecule has 126 valence electrons. The van der Waals surface area contributed by atoms with Crippen molar-refractivity contribution in [2.45, 2.75) is 77.9 Å². The third-order valence-corrected chi connectivity index (χ3v) is 4.23. The molecule has 0 aromatic rings. The molecule has 1 unspecified atom stereocenters. The fourth-order valence-corrected chi connectivity index (χ4v) is 2.31. The third-order valence-electron chi connectivity index (χ3n) is 4.23. The number of nitrogens with one attached hydrogen (secondary N) is 1. The number of carbonyl (C=O) groups excluding carboxylic acids is 1. The van der Waals surface area contributed by atoms with Crippen molar-refractivity contribution in [3.63, 3.8) is 0 Å². The Balaban J connectivity index is 2.19. The monoisotopic (exact) mass is 307 g/mol. The Kier molecular flexibility index (Phi) is 7.88. The molecule has 1 aliphatic carbocycles. The van der Waals surface area contributed by atoms with Gasteiger partial charge in [0.1, 0.15) is 0 Å². The summed E-state index contributed by atoms with van der Waals surface area (Å²) in [6, 6.07) is 0.428. The van der Waals surface area contributed by atoms with Crippen LogP contribution in [0.15, 0.2) is 23.8 Å². The Morgan fingerprint density at radius 2 is 2.09 bits per heavy atom. The van der Waals surface area contributed by atoms with Gasteiger partial charge in [0.25, 0.3) is 0 Å². The number of methoxy groups -OCH3 is 1. The SMILES string of the molecule is COC(C)(C)CCCC(C)C/C=C/C(C)=C/C(=O)NC1CC1. The molecule has 1 aliphatic rings. The molecule has 1 rings (SSSR count). The van der Waals surface area contributed by atoms with Crippen LogP contribution in [0.5, 0.6) is 0 Å². The van der Waals surface area contributed by atoms with Crippen LogP contribution in [0.1, 0.15) is 66.2 Å². The summed E-state index contributed by atoms with van der Waals surface area (Å²) < 4.78 is 5.44. The van der Waals surface area contributed by atoms with E-state index in [1.165, 1.54) is 12.8 Å². The molecule has 0 bridgehead atoms. The lowest BCUT2D eigenvalue weighted by Crippen LogP contribution is -2.23. The van der Waals surface area contributed by atoms with Crippen LogP contribution >= 0.6 is 0 Å². The van der Waals surface area contributed by atoms with Crippen molar-refractivity contribution in [2.24, 2.45) is 5.92 Å². The highest BCUT2D eigenvalue weighted by atomic mass is 16.5. The van der Waals surface area contributed by atoms with Crippen molar-refractivity contribution in [2.75, 3.05) is 7.11 Å². The van der Waals surface area contributed by atoms with E-state index in [1.807, 2.05) is 6.92 Å². The molecule has 3 heteroatoms. The second kappa shape index (κ2) is 9.14. The topological polar surface area (TPSA) is 38.3 Å². The first-order valence-electron chi connectivity index (χ1n) is 8.53. The Hall–Kier alpha value is -1.09. The van der Waals surface area contributed by atoms with Crippen molar-refractivity contribution >= 4 is 5.91 Å². The molecule has 1 saturated carbocycles. The van der Waals surface area contributed by atoms with Crippen LogP contribution in [0.2, 0.25) is 0 Å². The number of hydrogen-bond acceptors (Lipinski definition) is 2. The Morgan fingerprint density at radius 1 is 1.41 bits per heavy atom. The summed E-state index contributed by atoms with van der Waals surface area (Å²) in [6.07, 6.45) is 12.7. The van der Waals surface area contributed by atoms with Gasteiger partial charge >= 0.3 is 0 Å². The maximum absolute atomic E-state index is 11.6. The lowest BCUT2D eigenvalue weighted by Gasteiger charge is -2.23. The van der Waals surface area contributed by atoms with Crippen molar-refractivity contribution in [1.82, 2.24) is 5.32 Å². The van der Waals surface area contributed by atoms with Gasteiger partial charge in [-0.3, -0.25) is 4.79 Å². The zero-order chi connectivity index (χ0) is 16.6.